The number of carbonyl (C=O) groups excluding carboxylic acids is 1. The second-order valence-corrected chi connectivity index (χ2v) is 10.00. The van der Waals surface area contributed by atoms with E-state index < -0.39 is 15.9 Å². The van der Waals surface area contributed by atoms with Gasteiger partial charge < -0.3 is 18.6 Å². The van der Waals surface area contributed by atoms with Crippen molar-refractivity contribution >= 4 is 16.0 Å². The summed E-state index contributed by atoms with van der Waals surface area (Å²) < 4.78 is 55.6. The topological polar surface area (TPSA) is 82.1 Å². The lowest BCUT2D eigenvalue weighted by Gasteiger charge is -2.27. The van der Waals surface area contributed by atoms with Crippen LogP contribution in [0.1, 0.15) is 38.7 Å². The Bertz CT molecular complexity index is 1070. The molecule has 1 heterocycles. The predicted molar refractivity (Wildman–Crippen MR) is 121 cm³/mol. The Morgan fingerprint density at radius 1 is 1.21 bits per heavy atom. The van der Waals surface area contributed by atoms with Crippen molar-refractivity contribution in [2.45, 2.75) is 50.7 Å². The molecular formula is C24H30FNO6S. The van der Waals surface area contributed by atoms with Crippen LogP contribution in [0.5, 0.6) is 11.5 Å². The van der Waals surface area contributed by atoms with E-state index in [-0.39, 0.29) is 40.9 Å². The van der Waals surface area contributed by atoms with Gasteiger partial charge in [-0.3, -0.25) is 4.79 Å². The van der Waals surface area contributed by atoms with E-state index in [1.54, 1.807) is 23.1 Å². The summed E-state index contributed by atoms with van der Waals surface area (Å²) in [4.78, 5) is 14.3. The lowest BCUT2D eigenvalue weighted by molar-refractivity contribution is -0.134. The Morgan fingerprint density at radius 2 is 1.97 bits per heavy atom. The summed E-state index contributed by atoms with van der Waals surface area (Å²) in [6.45, 7) is 5.22. The van der Waals surface area contributed by atoms with E-state index in [0.717, 1.165) is 18.9 Å². The van der Waals surface area contributed by atoms with E-state index in [9.17, 15) is 17.6 Å². The fraction of sp³-hybridized carbons (Fsp3) is 0.458. The van der Waals surface area contributed by atoms with Gasteiger partial charge in [-0.2, -0.15) is 8.42 Å². The average molecular weight is 480 g/mol. The van der Waals surface area contributed by atoms with Crippen LogP contribution in [0.25, 0.3) is 0 Å². The average Bonchev–Trinajstić information content (AvgIpc) is 3.27. The van der Waals surface area contributed by atoms with Crippen molar-refractivity contribution in [3.63, 3.8) is 0 Å². The van der Waals surface area contributed by atoms with Gasteiger partial charge >= 0.3 is 10.1 Å². The Labute approximate surface area is 194 Å². The molecule has 1 amide bonds. The van der Waals surface area contributed by atoms with Crippen molar-refractivity contribution in [2.75, 3.05) is 20.3 Å². The number of hydrogen-bond donors (Lipinski definition) is 0. The van der Waals surface area contributed by atoms with E-state index in [0.29, 0.717) is 25.1 Å². The molecule has 0 bridgehead atoms. The first-order valence-electron chi connectivity index (χ1n) is 10.9. The minimum absolute atomic E-state index is 0.0321. The molecule has 2 aromatic rings. The number of rotatable bonds is 10. The maximum atomic E-state index is 14.1. The maximum Gasteiger partial charge on any atom is 0.339 e. The van der Waals surface area contributed by atoms with E-state index in [1.165, 1.54) is 25.3 Å². The quantitative estimate of drug-likeness (QED) is 0.476. The van der Waals surface area contributed by atoms with Gasteiger partial charge in [-0.1, -0.05) is 32.0 Å². The number of benzene rings is 2. The zero-order valence-corrected chi connectivity index (χ0v) is 19.9. The Balaban J connectivity index is 1.84. The van der Waals surface area contributed by atoms with Crippen molar-refractivity contribution < 1.29 is 31.3 Å². The molecule has 1 aliphatic heterocycles. The summed E-state index contributed by atoms with van der Waals surface area (Å²) in [7, 11) is -3.01. The predicted octanol–water partition coefficient (Wildman–Crippen LogP) is 4.16. The fourth-order valence-electron chi connectivity index (χ4n) is 3.66. The highest BCUT2D eigenvalue weighted by Crippen LogP contribution is 2.27. The third kappa shape index (κ3) is 6.68. The molecule has 7 nitrogen and oxygen atoms in total. The van der Waals surface area contributed by atoms with Gasteiger partial charge in [-0.15, -0.1) is 0 Å². The maximum absolute atomic E-state index is 14.1. The molecule has 0 aromatic heterocycles. The van der Waals surface area contributed by atoms with Gasteiger partial charge in [0.1, 0.15) is 10.6 Å². The van der Waals surface area contributed by atoms with Crippen molar-refractivity contribution in [3.05, 3.63) is 53.8 Å². The molecule has 33 heavy (non-hydrogen) atoms. The molecule has 1 atom stereocenters. The summed E-state index contributed by atoms with van der Waals surface area (Å²) >= 11 is 0. The molecule has 0 saturated carbocycles. The molecule has 2 aromatic carbocycles. The molecule has 0 aliphatic carbocycles. The highest BCUT2D eigenvalue weighted by atomic mass is 32.2. The third-order valence-corrected chi connectivity index (χ3v) is 6.56. The van der Waals surface area contributed by atoms with Crippen LogP contribution >= 0.6 is 0 Å². The largest absolute Gasteiger partial charge is 0.494 e. The van der Waals surface area contributed by atoms with Crippen LogP contribution in [0.2, 0.25) is 0 Å². The minimum Gasteiger partial charge on any atom is -0.494 e. The summed E-state index contributed by atoms with van der Waals surface area (Å²) in [6, 6.07) is 9.92. The molecule has 1 fully saturated rings. The number of carbonyl (C=O) groups is 1. The number of halogens is 1. The summed E-state index contributed by atoms with van der Waals surface area (Å²) in [5.41, 5.74) is 0.533. The first-order valence-corrected chi connectivity index (χ1v) is 12.4. The van der Waals surface area contributed by atoms with Gasteiger partial charge in [0.25, 0.3) is 0 Å². The highest BCUT2D eigenvalue weighted by molar-refractivity contribution is 7.87. The van der Waals surface area contributed by atoms with Crippen molar-refractivity contribution in [1.82, 2.24) is 4.90 Å². The summed E-state index contributed by atoms with van der Waals surface area (Å²) in [5, 5.41) is 0. The lowest BCUT2D eigenvalue weighted by atomic mass is 10.1. The number of ether oxygens (including phenoxy) is 2. The fourth-order valence-corrected chi connectivity index (χ4v) is 4.64. The number of amides is 1. The standard InChI is InChI=1S/C24H30FNO6S/c1-17(2)13-24(27)26(16-19-8-6-12-31-19)15-18-7-4-5-9-22(18)32-33(28,29)20-10-11-23(30-3)21(25)14-20/h4-5,7,9-11,14,17,19H,6,8,12-13,15-16H2,1-3H3/t19-/m0/s1. The van der Waals surface area contributed by atoms with Gasteiger partial charge in [0, 0.05) is 31.7 Å². The van der Waals surface area contributed by atoms with Crippen molar-refractivity contribution in [3.8, 4) is 11.5 Å². The first-order chi connectivity index (χ1) is 15.7. The molecule has 0 radical (unpaired) electrons. The van der Waals surface area contributed by atoms with E-state index >= 15 is 0 Å². The molecule has 0 N–H and O–H groups in total. The molecular weight excluding hydrogens is 449 g/mol. The second-order valence-electron chi connectivity index (χ2n) is 8.45. The zero-order valence-electron chi connectivity index (χ0n) is 19.1. The summed E-state index contributed by atoms with van der Waals surface area (Å²) in [6.07, 6.45) is 2.16. The van der Waals surface area contributed by atoms with Crippen LogP contribution < -0.4 is 8.92 Å². The van der Waals surface area contributed by atoms with Crippen LogP contribution in [0.3, 0.4) is 0 Å². The van der Waals surface area contributed by atoms with E-state index in [4.69, 9.17) is 13.7 Å². The van der Waals surface area contributed by atoms with E-state index in [1.807, 2.05) is 13.8 Å². The van der Waals surface area contributed by atoms with Crippen LogP contribution in [0.15, 0.2) is 47.4 Å². The van der Waals surface area contributed by atoms with Gasteiger partial charge in [-0.25, -0.2) is 4.39 Å². The Kier molecular flexibility index (Phi) is 8.31. The zero-order chi connectivity index (χ0) is 24.0. The summed E-state index contributed by atoms with van der Waals surface area (Å²) in [5.74, 6) is -0.639. The number of nitrogens with zero attached hydrogens (tertiary/aromatic N) is 1. The number of para-hydroxylation sites is 1. The first kappa shape index (κ1) is 25.0. The Morgan fingerprint density at radius 3 is 2.61 bits per heavy atom. The molecule has 1 aliphatic rings. The highest BCUT2D eigenvalue weighted by Gasteiger charge is 2.26. The number of hydrogen-bond acceptors (Lipinski definition) is 6. The Hall–Kier alpha value is -2.65. The molecule has 1 saturated heterocycles. The van der Waals surface area contributed by atoms with Crippen LogP contribution in [-0.2, 0) is 26.2 Å². The van der Waals surface area contributed by atoms with Gasteiger partial charge in [-0.05, 0) is 43.0 Å². The number of methoxy groups -OCH3 is 1. The normalized spacial score (nSPS) is 16.1. The monoisotopic (exact) mass is 479 g/mol. The van der Waals surface area contributed by atoms with Gasteiger partial charge in [0.15, 0.2) is 11.6 Å². The molecule has 0 unspecified atom stereocenters. The van der Waals surface area contributed by atoms with E-state index in [2.05, 4.69) is 0 Å². The van der Waals surface area contributed by atoms with Gasteiger partial charge in [0.2, 0.25) is 5.91 Å². The van der Waals surface area contributed by atoms with Crippen molar-refractivity contribution in [2.24, 2.45) is 5.92 Å². The smallest absolute Gasteiger partial charge is 0.339 e. The van der Waals surface area contributed by atoms with Gasteiger partial charge in [0.05, 0.1) is 13.2 Å². The third-order valence-electron chi connectivity index (χ3n) is 5.33. The SMILES string of the molecule is COc1ccc(S(=O)(=O)Oc2ccccc2CN(C[C@@H]2CCCO2)C(=O)CC(C)C)cc1F. The molecule has 180 valence electrons. The van der Waals surface area contributed by atoms with Crippen molar-refractivity contribution in [1.29, 1.82) is 0 Å². The molecule has 3 rings (SSSR count). The lowest BCUT2D eigenvalue weighted by Crippen LogP contribution is -2.37. The molecule has 9 heteroatoms. The van der Waals surface area contributed by atoms with Crippen LogP contribution in [-0.4, -0.2) is 45.6 Å². The van der Waals surface area contributed by atoms with Crippen LogP contribution in [0.4, 0.5) is 4.39 Å². The molecule has 0 spiro atoms. The minimum atomic E-state index is -4.30. The second kappa shape index (κ2) is 11.0. The van der Waals surface area contributed by atoms with Crippen LogP contribution in [0, 0.1) is 11.7 Å².